The van der Waals surface area contributed by atoms with Gasteiger partial charge in [-0.05, 0) is 0 Å². The molecule has 0 fully saturated rings. The lowest BCUT2D eigenvalue weighted by molar-refractivity contribution is 0.441. The molecule has 0 unspecified atom stereocenters. The van der Waals surface area contributed by atoms with E-state index in [-0.39, 0.29) is 16.3 Å². The van der Waals surface area contributed by atoms with Crippen molar-refractivity contribution >= 4 is 22.8 Å². The van der Waals surface area contributed by atoms with E-state index in [0.29, 0.717) is 0 Å². The van der Waals surface area contributed by atoms with Crippen molar-refractivity contribution in [2.45, 2.75) is 6.92 Å². The summed E-state index contributed by atoms with van der Waals surface area (Å²) in [6, 6.07) is 0. The molecule has 0 aliphatic heterocycles. The molecule has 0 bridgehead atoms. The summed E-state index contributed by atoms with van der Waals surface area (Å²) in [6.45, 7) is 2.50. The molecule has 0 aromatic heterocycles. The number of ether oxygens (including phenoxy) is 1. The van der Waals surface area contributed by atoms with Crippen LogP contribution < -0.4 is 0 Å². The third-order valence-corrected chi connectivity index (χ3v) is 0.621. The molecule has 39 valence electrons. The molecule has 3 nitrogen and oxygen atoms in total. The Morgan fingerprint density at radius 2 is 2.43 bits per heavy atom. The van der Waals surface area contributed by atoms with Crippen molar-refractivity contribution in [3.8, 4) is 0 Å². The zero-order chi connectivity index (χ0) is 5.70. The van der Waals surface area contributed by atoms with Crippen molar-refractivity contribution in [1.82, 2.24) is 0 Å². The smallest absolute Gasteiger partial charge is 0.409 e. The van der Waals surface area contributed by atoms with Crippen molar-refractivity contribution in [2.24, 2.45) is 0 Å². The SMILES string of the molecule is CC(O[C]=O)=S=O. The van der Waals surface area contributed by atoms with E-state index in [1.807, 2.05) is 0 Å². The zero-order valence-corrected chi connectivity index (χ0v) is 4.45. The van der Waals surface area contributed by atoms with Gasteiger partial charge in [-0.15, -0.1) is 0 Å². The Hall–Kier alpha value is -0.640. The van der Waals surface area contributed by atoms with Crippen LogP contribution in [0.25, 0.3) is 0 Å². The van der Waals surface area contributed by atoms with Gasteiger partial charge in [0.25, 0.3) is 0 Å². The fourth-order valence-electron chi connectivity index (χ4n) is 0.0757. The Morgan fingerprint density at radius 3 is 2.57 bits per heavy atom. The summed E-state index contributed by atoms with van der Waals surface area (Å²) in [4.78, 5) is 9.25. The van der Waals surface area contributed by atoms with Crippen LogP contribution in [0.1, 0.15) is 6.92 Å². The van der Waals surface area contributed by atoms with Crippen LogP contribution in [0.15, 0.2) is 0 Å². The lowest BCUT2D eigenvalue weighted by atomic mass is 10.9. The van der Waals surface area contributed by atoms with Gasteiger partial charge in [-0.1, -0.05) is 0 Å². The average molecular weight is 119 g/mol. The Balaban J connectivity index is 3.58. The highest BCUT2D eigenvalue weighted by atomic mass is 32.1. The number of carbonyl (C=O) groups excluding carboxylic acids is 1. The summed E-state index contributed by atoms with van der Waals surface area (Å²) in [5, 5.41) is 0.0648. The Kier molecular flexibility index (Phi) is 3.22. The Morgan fingerprint density at radius 1 is 1.86 bits per heavy atom. The molecule has 0 atom stereocenters. The van der Waals surface area contributed by atoms with E-state index >= 15 is 0 Å². The second-order valence-electron chi connectivity index (χ2n) is 0.760. The largest absolute Gasteiger partial charge is 0.423 e. The molecule has 0 aliphatic carbocycles. The first kappa shape index (κ1) is 6.36. The predicted octanol–water partition coefficient (Wildman–Crippen LogP) is -0.567. The summed E-state index contributed by atoms with van der Waals surface area (Å²) in [6.07, 6.45) is 0. The van der Waals surface area contributed by atoms with Gasteiger partial charge in [0.1, 0.15) is 11.3 Å². The van der Waals surface area contributed by atoms with Gasteiger partial charge in [0, 0.05) is 6.92 Å². The molecule has 0 aromatic carbocycles. The van der Waals surface area contributed by atoms with Crippen LogP contribution in [-0.4, -0.2) is 15.7 Å². The van der Waals surface area contributed by atoms with E-state index in [2.05, 4.69) is 4.74 Å². The van der Waals surface area contributed by atoms with E-state index in [9.17, 15) is 9.00 Å². The Labute approximate surface area is 44.4 Å². The second kappa shape index (κ2) is 3.55. The maximum absolute atomic E-state index is 9.60. The summed E-state index contributed by atoms with van der Waals surface area (Å²) in [5.74, 6) is 0. The molecule has 4 heteroatoms. The Bertz CT molecular complexity index is 113. The molecule has 7 heavy (non-hydrogen) atoms. The average Bonchev–Trinajstić information content (AvgIpc) is 1.68. The highest BCUT2D eigenvalue weighted by Gasteiger charge is 1.83. The van der Waals surface area contributed by atoms with Gasteiger partial charge in [-0.2, -0.15) is 0 Å². The van der Waals surface area contributed by atoms with E-state index in [0.717, 1.165) is 6.47 Å². The summed E-state index contributed by atoms with van der Waals surface area (Å²) >= 11 is 0.131. The molecule has 0 heterocycles. The van der Waals surface area contributed by atoms with Gasteiger partial charge in [-0.25, -0.2) is 9.00 Å². The topological polar surface area (TPSA) is 43.4 Å². The molecule has 0 spiro atoms. The second-order valence-corrected chi connectivity index (χ2v) is 1.50. The molecular formula is C3H3O3S. The van der Waals surface area contributed by atoms with E-state index in [1.165, 1.54) is 6.92 Å². The van der Waals surface area contributed by atoms with Gasteiger partial charge in [0.05, 0.1) is 0 Å². The van der Waals surface area contributed by atoms with E-state index < -0.39 is 0 Å². The molecule has 1 radical (unpaired) electrons. The quantitative estimate of drug-likeness (QED) is 0.434. The van der Waals surface area contributed by atoms with Gasteiger partial charge in [-0.3, -0.25) is 0 Å². The van der Waals surface area contributed by atoms with Crippen molar-refractivity contribution in [1.29, 1.82) is 0 Å². The third kappa shape index (κ3) is 3.18. The molecule has 0 saturated carbocycles. The highest BCUT2D eigenvalue weighted by Crippen LogP contribution is 1.65. The number of hydrogen-bond donors (Lipinski definition) is 0. The summed E-state index contributed by atoms with van der Waals surface area (Å²) < 4.78 is 13.5. The normalized spacial score (nSPS) is 7.00. The first-order chi connectivity index (χ1) is 3.31. The minimum Gasteiger partial charge on any atom is -0.409 e. The standard InChI is InChI=1S/C3H3O3S/c1-3(7-5)6-2-4/h1H3. The van der Waals surface area contributed by atoms with Crippen molar-refractivity contribution in [3.05, 3.63) is 0 Å². The first-order valence-electron chi connectivity index (χ1n) is 1.48. The van der Waals surface area contributed by atoms with Gasteiger partial charge in [0.15, 0.2) is 5.05 Å². The lowest BCUT2D eigenvalue weighted by Crippen LogP contribution is -1.94. The van der Waals surface area contributed by atoms with Crippen LogP contribution in [0.2, 0.25) is 0 Å². The number of rotatable bonds is 1. The maximum Gasteiger partial charge on any atom is 0.423 e. The van der Waals surface area contributed by atoms with Crippen LogP contribution in [-0.2, 0) is 20.8 Å². The van der Waals surface area contributed by atoms with Crippen LogP contribution in [0.5, 0.6) is 0 Å². The molecule has 0 aromatic rings. The van der Waals surface area contributed by atoms with Crippen LogP contribution in [0.4, 0.5) is 0 Å². The van der Waals surface area contributed by atoms with Gasteiger partial charge < -0.3 is 4.74 Å². The minimum absolute atomic E-state index is 0.0648. The highest BCUT2D eigenvalue weighted by molar-refractivity contribution is 7.66. The third-order valence-electron chi connectivity index (χ3n) is 0.303. The number of hydrogen-bond acceptors (Lipinski definition) is 3. The van der Waals surface area contributed by atoms with Crippen molar-refractivity contribution in [2.75, 3.05) is 0 Å². The zero-order valence-electron chi connectivity index (χ0n) is 3.63. The fourth-order valence-corrected chi connectivity index (χ4v) is 0.144. The molecule has 0 aliphatic rings. The van der Waals surface area contributed by atoms with E-state index in [1.54, 1.807) is 0 Å². The minimum atomic E-state index is 0.0648. The fraction of sp³-hybridized carbons (Fsp3) is 0.333. The van der Waals surface area contributed by atoms with Gasteiger partial charge in [0.2, 0.25) is 0 Å². The van der Waals surface area contributed by atoms with Crippen LogP contribution >= 0.6 is 0 Å². The van der Waals surface area contributed by atoms with Crippen molar-refractivity contribution in [3.63, 3.8) is 0 Å². The van der Waals surface area contributed by atoms with Crippen LogP contribution in [0, 0.1) is 0 Å². The van der Waals surface area contributed by atoms with Gasteiger partial charge >= 0.3 is 6.47 Å². The summed E-state index contributed by atoms with van der Waals surface area (Å²) in [5.41, 5.74) is 0. The first-order valence-corrected chi connectivity index (χ1v) is 2.22. The predicted molar refractivity (Wildman–Crippen MR) is 25.6 cm³/mol. The summed E-state index contributed by atoms with van der Waals surface area (Å²) in [7, 11) is 0. The molecule has 0 rings (SSSR count). The molecule has 0 saturated heterocycles. The van der Waals surface area contributed by atoms with E-state index in [4.69, 9.17) is 0 Å². The maximum atomic E-state index is 9.60. The van der Waals surface area contributed by atoms with Crippen LogP contribution in [0.3, 0.4) is 0 Å². The molecular weight excluding hydrogens is 116 g/mol. The molecule has 0 amide bonds. The monoisotopic (exact) mass is 119 g/mol. The molecule has 0 N–H and O–H groups in total. The van der Waals surface area contributed by atoms with Crippen molar-refractivity contribution < 1.29 is 13.7 Å². The lowest BCUT2D eigenvalue weighted by Gasteiger charge is -1.81.